The van der Waals surface area contributed by atoms with Crippen LogP contribution in [0.25, 0.3) is 0 Å². The number of carboxylic acid groups (broad SMARTS) is 1. The lowest BCUT2D eigenvalue weighted by atomic mass is 9.94. The van der Waals surface area contributed by atoms with Gasteiger partial charge in [0.2, 0.25) is 0 Å². The van der Waals surface area contributed by atoms with Gasteiger partial charge in [-0.15, -0.1) is 0 Å². The molecule has 3 heteroatoms. The molecule has 0 bridgehead atoms. The summed E-state index contributed by atoms with van der Waals surface area (Å²) in [6, 6.07) is 1.90. The van der Waals surface area contributed by atoms with E-state index in [0.29, 0.717) is 6.42 Å². The fraction of sp³-hybridized carbons (Fsp3) is 0.500. The molecule has 0 saturated carbocycles. The zero-order valence-electron chi connectivity index (χ0n) is 9.23. The first-order valence-electron chi connectivity index (χ1n) is 5.29. The number of carbonyl (C=O) groups is 1. The minimum atomic E-state index is -0.754. The minimum Gasteiger partial charge on any atom is -0.481 e. The van der Waals surface area contributed by atoms with E-state index in [0.717, 1.165) is 24.0 Å². The summed E-state index contributed by atoms with van der Waals surface area (Å²) in [7, 11) is 0. The molecule has 0 aliphatic rings. The van der Waals surface area contributed by atoms with Gasteiger partial charge < -0.3 is 5.11 Å². The van der Waals surface area contributed by atoms with Crippen LogP contribution in [0.5, 0.6) is 0 Å². The summed E-state index contributed by atoms with van der Waals surface area (Å²) in [5.74, 6) is -1.16. The molecule has 0 saturated heterocycles. The second-order valence-electron chi connectivity index (χ2n) is 3.83. The number of hydrogen-bond acceptors (Lipinski definition) is 2. The highest BCUT2D eigenvalue weighted by atomic mass is 16.4. The number of carboxylic acids is 1. The van der Waals surface area contributed by atoms with Gasteiger partial charge in [-0.2, -0.15) is 0 Å². The normalized spacial score (nSPS) is 12.4. The van der Waals surface area contributed by atoms with Gasteiger partial charge in [0.15, 0.2) is 0 Å². The van der Waals surface area contributed by atoms with Gasteiger partial charge in [-0.05, 0) is 24.5 Å². The molecule has 0 aromatic carbocycles. The summed E-state index contributed by atoms with van der Waals surface area (Å²) >= 11 is 0. The number of unbranched alkanes of at least 4 members (excludes halogenated alkanes) is 1. The van der Waals surface area contributed by atoms with Crippen molar-refractivity contribution in [2.75, 3.05) is 0 Å². The number of aryl methyl sites for hydroxylation is 1. The second kappa shape index (κ2) is 5.49. The predicted molar refractivity (Wildman–Crippen MR) is 58.9 cm³/mol. The molecule has 1 rings (SSSR count). The molecule has 1 atom stereocenters. The lowest BCUT2D eigenvalue weighted by Crippen LogP contribution is -2.12. The van der Waals surface area contributed by atoms with Gasteiger partial charge in [0.05, 0.1) is 5.92 Å². The fourth-order valence-corrected chi connectivity index (χ4v) is 1.61. The standard InChI is InChI=1S/C12H17NO2/c1-3-4-5-11(12(14)15)10-6-9(2)7-13-8-10/h6-8,11H,3-5H2,1-2H3,(H,14,15). The van der Waals surface area contributed by atoms with Crippen LogP contribution in [-0.2, 0) is 4.79 Å². The Balaban J connectivity index is 2.84. The largest absolute Gasteiger partial charge is 0.481 e. The molecule has 1 aromatic heterocycles. The highest BCUT2D eigenvalue weighted by Crippen LogP contribution is 2.22. The Morgan fingerprint density at radius 2 is 2.27 bits per heavy atom. The SMILES string of the molecule is CCCCC(C(=O)O)c1cncc(C)c1. The Hall–Kier alpha value is -1.38. The topological polar surface area (TPSA) is 50.2 Å². The van der Waals surface area contributed by atoms with Crippen LogP contribution >= 0.6 is 0 Å². The lowest BCUT2D eigenvalue weighted by Gasteiger charge is -2.11. The van der Waals surface area contributed by atoms with Gasteiger partial charge in [0, 0.05) is 12.4 Å². The quantitative estimate of drug-likeness (QED) is 0.807. The maximum absolute atomic E-state index is 11.1. The first-order valence-corrected chi connectivity index (χ1v) is 5.29. The van der Waals surface area contributed by atoms with Gasteiger partial charge in [-0.25, -0.2) is 0 Å². The molecule has 1 unspecified atom stereocenters. The lowest BCUT2D eigenvalue weighted by molar-refractivity contribution is -0.139. The highest BCUT2D eigenvalue weighted by molar-refractivity contribution is 5.75. The molecular formula is C12H17NO2. The third kappa shape index (κ3) is 3.35. The molecule has 0 aliphatic heterocycles. The Morgan fingerprint density at radius 1 is 1.53 bits per heavy atom. The monoisotopic (exact) mass is 207 g/mol. The number of aromatic nitrogens is 1. The molecule has 0 aliphatic carbocycles. The van der Waals surface area contributed by atoms with Gasteiger partial charge in [-0.1, -0.05) is 25.8 Å². The Kier molecular flexibility index (Phi) is 4.28. The number of aliphatic carboxylic acids is 1. The third-order valence-corrected chi connectivity index (χ3v) is 2.44. The minimum absolute atomic E-state index is 0.405. The summed E-state index contributed by atoms with van der Waals surface area (Å²) in [4.78, 5) is 15.1. The van der Waals surface area contributed by atoms with Crippen molar-refractivity contribution in [2.45, 2.75) is 39.0 Å². The first-order chi connectivity index (χ1) is 7.15. The van der Waals surface area contributed by atoms with Crippen molar-refractivity contribution in [3.05, 3.63) is 29.6 Å². The molecule has 0 spiro atoms. The van der Waals surface area contributed by atoms with E-state index in [-0.39, 0.29) is 0 Å². The second-order valence-corrected chi connectivity index (χ2v) is 3.83. The van der Waals surface area contributed by atoms with Crippen molar-refractivity contribution in [2.24, 2.45) is 0 Å². The summed E-state index contributed by atoms with van der Waals surface area (Å²) in [6.07, 6.45) is 6.04. The number of nitrogens with zero attached hydrogens (tertiary/aromatic N) is 1. The van der Waals surface area contributed by atoms with E-state index >= 15 is 0 Å². The van der Waals surface area contributed by atoms with E-state index in [9.17, 15) is 4.79 Å². The van der Waals surface area contributed by atoms with Crippen molar-refractivity contribution < 1.29 is 9.90 Å². The van der Waals surface area contributed by atoms with Crippen LogP contribution < -0.4 is 0 Å². The first kappa shape index (κ1) is 11.7. The molecule has 1 heterocycles. The van der Waals surface area contributed by atoms with Crippen LogP contribution in [0.2, 0.25) is 0 Å². The molecule has 82 valence electrons. The van der Waals surface area contributed by atoms with Crippen molar-refractivity contribution in [1.82, 2.24) is 4.98 Å². The van der Waals surface area contributed by atoms with Crippen LogP contribution in [0.1, 0.15) is 43.2 Å². The molecule has 1 N–H and O–H groups in total. The van der Waals surface area contributed by atoms with Crippen molar-refractivity contribution in [3.63, 3.8) is 0 Å². The third-order valence-electron chi connectivity index (χ3n) is 2.44. The van der Waals surface area contributed by atoms with Gasteiger partial charge in [0.1, 0.15) is 0 Å². The molecular weight excluding hydrogens is 190 g/mol. The molecule has 15 heavy (non-hydrogen) atoms. The van der Waals surface area contributed by atoms with Gasteiger partial charge >= 0.3 is 5.97 Å². The maximum Gasteiger partial charge on any atom is 0.311 e. The smallest absolute Gasteiger partial charge is 0.311 e. The summed E-state index contributed by atoms with van der Waals surface area (Å²) in [5, 5.41) is 9.12. The number of rotatable bonds is 5. The zero-order chi connectivity index (χ0) is 11.3. The summed E-state index contributed by atoms with van der Waals surface area (Å²) in [5.41, 5.74) is 1.83. The van der Waals surface area contributed by atoms with Gasteiger partial charge in [0.25, 0.3) is 0 Å². The van der Waals surface area contributed by atoms with Crippen molar-refractivity contribution in [1.29, 1.82) is 0 Å². The van der Waals surface area contributed by atoms with Crippen LogP contribution in [0, 0.1) is 6.92 Å². The van der Waals surface area contributed by atoms with E-state index in [2.05, 4.69) is 11.9 Å². The Bertz CT molecular complexity index is 336. The number of pyridine rings is 1. The summed E-state index contributed by atoms with van der Waals surface area (Å²) in [6.45, 7) is 3.99. The van der Waals surface area contributed by atoms with E-state index in [1.165, 1.54) is 0 Å². The fourth-order valence-electron chi connectivity index (χ4n) is 1.61. The molecule has 1 aromatic rings. The van der Waals surface area contributed by atoms with E-state index in [4.69, 9.17) is 5.11 Å². The van der Waals surface area contributed by atoms with E-state index < -0.39 is 11.9 Å². The van der Waals surface area contributed by atoms with Crippen molar-refractivity contribution in [3.8, 4) is 0 Å². The van der Waals surface area contributed by atoms with Crippen molar-refractivity contribution >= 4 is 5.97 Å². The molecule has 3 nitrogen and oxygen atoms in total. The zero-order valence-corrected chi connectivity index (χ0v) is 9.23. The van der Waals surface area contributed by atoms with Crippen LogP contribution in [0.15, 0.2) is 18.5 Å². The number of hydrogen-bond donors (Lipinski definition) is 1. The molecule has 0 radical (unpaired) electrons. The predicted octanol–water partition coefficient (Wildman–Crippen LogP) is 2.75. The molecule has 0 amide bonds. The Labute approximate surface area is 90.2 Å². The summed E-state index contributed by atoms with van der Waals surface area (Å²) < 4.78 is 0. The maximum atomic E-state index is 11.1. The average molecular weight is 207 g/mol. The Morgan fingerprint density at radius 3 is 2.80 bits per heavy atom. The van der Waals surface area contributed by atoms with Crippen LogP contribution in [0.4, 0.5) is 0 Å². The highest BCUT2D eigenvalue weighted by Gasteiger charge is 2.19. The average Bonchev–Trinajstić information content (AvgIpc) is 2.18. The van der Waals surface area contributed by atoms with Crippen LogP contribution in [0.3, 0.4) is 0 Å². The van der Waals surface area contributed by atoms with Crippen LogP contribution in [-0.4, -0.2) is 16.1 Å². The molecule has 0 fully saturated rings. The van der Waals surface area contributed by atoms with Gasteiger partial charge in [-0.3, -0.25) is 9.78 Å². The van der Waals surface area contributed by atoms with E-state index in [1.807, 2.05) is 13.0 Å². The van der Waals surface area contributed by atoms with E-state index in [1.54, 1.807) is 12.4 Å².